The first-order valence-corrected chi connectivity index (χ1v) is 8.97. The maximum atomic E-state index is 12.3. The minimum absolute atomic E-state index is 0.141. The first-order chi connectivity index (χ1) is 12.4. The number of carbonyl (C=O) groups excluding carboxylic acids is 1. The van der Waals surface area contributed by atoms with E-state index < -0.39 is 5.41 Å². The molecule has 0 radical (unpaired) electrons. The Balaban J connectivity index is 1.86. The minimum atomic E-state index is -0.807. The fourth-order valence-electron chi connectivity index (χ4n) is 3.63. The molecule has 4 rings (SSSR count). The molecule has 1 aliphatic carbocycles. The van der Waals surface area contributed by atoms with Gasteiger partial charge in [-0.2, -0.15) is 0 Å². The standard InChI is InChI=1S/C20H20ClN3O2/c1-19(2,18(25)26-3)15-5-4-12-24-16(15)22-23-17(24)20(10-11-20)13-6-8-14(21)9-7-13/h4-9,12H,10-11H2,1-3H3. The van der Waals surface area contributed by atoms with Crippen molar-refractivity contribution in [1.82, 2.24) is 14.6 Å². The number of esters is 1. The van der Waals surface area contributed by atoms with Crippen molar-refractivity contribution in [3.8, 4) is 0 Å². The van der Waals surface area contributed by atoms with E-state index in [1.807, 2.05) is 48.7 Å². The fraction of sp³-hybridized carbons (Fsp3) is 0.350. The molecule has 1 fully saturated rings. The number of fused-ring (bicyclic) bond motifs is 1. The molecular weight excluding hydrogens is 350 g/mol. The zero-order valence-corrected chi connectivity index (χ0v) is 15.7. The predicted molar refractivity (Wildman–Crippen MR) is 99.5 cm³/mol. The number of nitrogens with zero attached hydrogens (tertiary/aromatic N) is 3. The molecule has 0 spiro atoms. The monoisotopic (exact) mass is 369 g/mol. The Morgan fingerprint density at radius 2 is 1.88 bits per heavy atom. The molecule has 1 aromatic carbocycles. The highest BCUT2D eigenvalue weighted by atomic mass is 35.5. The van der Waals surface area contributed by atoms with Crippen molar-refractivity contribution >= 4 is 23.2 Å². The van der Waals surface area contributed by atoms with Gasteiger partial charge in [-0.15, -0.1) is 10.2 Å². The number of methoxy groups -OCH3 is 1. The zero-order valence-electron chi connectivity index (χ0n) is 15.0. The Morgan fingerprint density at radius 1 is 1.19 bits per heavy atom. The number of benzene rings is 1. The summed E-state index contributed by atoms with van der Waals surface area (Å²) in [4.78, 5) is 12.3. The summed E-state index contributed by atoms with van der Waals surface area (Å²) in [5, 5.41) is 9.67. The summed E-state index contributed by atoms with van der Waals surface area (Å²) in [7, 11) is 1.40. The van der Waals surface area contributed by atoms with Crippen LogP contribution in [0.2, 0.25) is 5.02 Å². The largest absolute Gasteiger partial charge is 0.468 e. The van der Waals surface area contributed by atoms with Gasteiger partial charge in [0.2, 0.25) is 0 Å². The summed E-state index contributed by atoms with van der Waals surface area (Å²) in [5.41, 5.74) is 1.74. The number of aromatic nitrogens is 3. The van der Waals surface area contributed by atoms with Crippen molar-refractivity contribution in [1.29, 1.82) is 0 Å². The van der Waals surface area contributed by atoms with Crippen LogP contribution in [0, 0.1) is 0 Å². The van der Waals surface area contributed by atoms with Gasteiger partial charge in [0.25, 0.3) is 0 Å². The van der Waals surface area contributed by atoms with Crippen LogP contribution in [0.5, 0.6) is 0 Å². The molecule has 0 aliphatic heterocycles. The van der Waals surface area contributed by atoms with Gasteiger partial charge < -0.3 is 4.74 Å². The molecule has 6 heteroatoms. The van der Waals surface area contributed by atoms with Crippen molar-refractivity contribution < 1.29 is 9.53 Å². The average molecular weight is 370 g/mol. The molecule has 2 heterocycles. The Morgan fingerprint density at radius 3 is 2.50 bits per heavy atom. The van der Waals surface area contributed by atoms with Crippen molar-refractivity contribution in [3.05, 3.63) is 64.6 Å². The van der Waals surface area contributed by atoms with Crippen LogP contribution in [0.25, 0.3) is 5.65 Å². The summed E-state index contributed by atoms with van der Waals surface area (Å²) >= 11 is 6.04. The molecule has 2 aromatic heterocycles. The van der Waals surface area contributed by atoms with Crippen LogP contribution in [0.1, 0.15) is 43.6 Å². The lowest BCUT2D eigenvalue weighted by Crippen LogP contribution is -2.31. The normalized spacial score (nSPS) is 15.8. The smallest absolute Gasteiger partial charge is 0.315 e. The van der Waals surface area contributed by atoms with Gasteiger partial charge in [-0.05, 0) is 50.5 Å². The topological polar surface area (TPSA) is 56.5 Å². The molecule has 3 aromatic rings. The lowest BCUT2D eigenvalue weighted by Gasteiger charge is -2.22. The molecule has 0 N–H and O–H groups in total. The van der Waals surface area contributed by atoms with Crippen LogP contribution >= 0.6 is 11.6 Å². The van der Waals surface area contributed by atoms with E-state index in [1.54, 1.807) is 0 Å². The molecule has 26 heavy (non-hydrogen) atoms. The summed E-state index contributed by atoms with van der Waals surface area (Å²) in [6.45, 7) is 3.68. The third-order valence-electron chi connectivity index (χ3n) is 5.38. The maximum absolute atomic E-state index is 12.3. The third kappa shape index (κ3) is 2.42. The Hall–Kier alpha value is -2.40. The summed E-state index contributed by atoms with van der Waals surface area (Å²) in [5.74, 6) is 0.603. The second kappa shape index (κ2) is 5.81. The molecule has 0 saturated heterocycles. The van der Waals surface area contributed by atoms with E-state index in [4.69, 9.17) is 16.3 Å². The van der Waals surface area contributed by atoms with Gasteiger partial charge in [-0.1, -0.05) is 29.8 Å². The lowest BCUT2D eigenvalue weighted by atomic mass is 9.85. The first kappa shape index (κ1) is 17.0. The number of hydrogen-bond donors (Lipinski definition) is 0. The minimum Gasteiger partial charge on any atom is -0.468 e. The van der Waals surface area contributed by atoms with E-state index in [1.165, 1.54) is 12.7 Å². The van der Waals surface area contributed by atoms with E-state index in [-0.39, 0.29) is 11.4 Å². The van der Waals surface area contributed by atoms with Gasteiger partial charge in [0.1, 0.15) is 5.82 Å². The Labute approximate surface area is 157 Å². The highest BCUT2D eigenvalue weighted by molar-refractivity contribution is 6.30. The zero-order chi connectivity index (χ0) is 18.5. The predicted octanol–water partition coefficient (Wildman–Crippen LogP) is 3.91. The molecule has 1 saturated carbocycles. The van der Waals surface area contributed by atoms with Gasteiger partial charge in [0.15, 0.2) is 5.65 Å². The summed E-state index contributed by atoms with van der Waals surface area (Å²) in [6, 6.07) is 11.8. The molecule has 0 bridgehead atoms. The van der Waals surface area contributed by atoms with E-state index in [0.29, 0.717) is 5.65 Å². The van der Waals surface area contributed by atoms with Gasteiger partial charge in [0, 0.05) is 16.8 Å². The first-order valence-electron chi connectivity index (χ1n) is 8.59. The van der Waals surface area contributed by atoms with Gasteiger partial charge in [-0.3, -0.25) is 9.20 Å². The molecule has 1 aliphatic rings. The van der Waals surface area contributed by atoms with Crippen molar-refractivity contribution in [2.45, 2.75) is 37.5 Å². The van der Waals surface area contributed by atoms with Gasteiger partial charge >= 0.3 is 5.97 Å². The van der Waals surface area contributed by atoms with Crippen molar-refractivity contribution in [3.63, 3.8) is 0 Å². The molecule has 0 amide bonds. The van der Waals surface area contributed by atoms with E-state index in [0.717, 1.165) is 29.3 Å². The average Bonchev–Trinajstić information content (AvgIpc) is 3.33. The Bertz CT molecular complexity index is 988. The van der Waals surface area contributed by atoms with Crippen molar-refractivity contribution in [2.75, 3.05) is 7.11 Å². The van der Waals surface area contributed by atoms with E-state index in [2.05, 4.69) is 22.3 Å². The molecular formula is C20H20ClN3O2. The highest BCUT2D eigenvalue weighted by Crippen LogP contribution is 2.53. The van der Waals surface area contributed by atoms with Crippen molar-refractivity contribution in [2.24, 2.45) is 0 Å². The number of pyridine rings is 1. The SMILES string of the molecule is COC(=O)C(C)(C)c1cccn2c(C3(c4ccc(Cl)cc4)CC3)nnc12. The van der Waals surface area contributed by atoms with Crippen LogP contribution in [-0.4, -0.2) is 27.7 Å². The number of hydrogen-bond acceptors (Lipinski definition) is 4. The summed E-state index contributed by atoms with van der Waals surface area (Å²) in [6.07, 6.45) is 3.98. The quantitative estimate of drug-likeness (QED) is 0.654. The second-order valence-corrected chi connectivity index (χ2v) is 7.78. The van der Waals surface area contributed by atoms with Gasteiger partial charge in [-0.25, -0.2) is 0 Å². The summed E-state index contributed by atoms with van der Waals surface area (Å²) < 4.78 is 6.98. The molecule has 134 valence electrons. The van der Waals surface area contributed by atoms with Crippen LogP contribution in [0.4, 0.5) is 0 Å². The highest BCUT2D eigenvalue weighted by Gasteiger charge is 2.50. The van der Waals surface area contributed by atoms with Crippen LogP contribution in [0.3, 0.4) is 0 Å². The van der Waals surface area contributed by atoms with E-state index in [9.17, 15) is 4.79 Å². The van der Waals surface area contributed by atoms with Gasteiger partial charge in [0.05, 0.1) is 17.9 Å². The number of rotatable bonds is 4. The third-order valence-corrected chi connectivity index (χ3v) is 5.63. The van der Waals surface area contributed by atoms with Crippen LogP contribution in [-0.2, 0) is 20.4 Å². The number of ether oxygens (including phenoxy) is 1. The fourth-order valence-corrected chi connectivity index (χ4v) is 3.76. The van der Waals surface area contributed by atoms with Crippen LogP contribution < -0.4 is 0 Å². The Kier molecular flexibility index (Phi) is 3.81. The number of halogens is 1. The van der Waals surface area contributed by atoms with Crippen LogP contribution in [0.15, 0.2) is 42.6 Å². The molecule has 5 nitrogen and oxygen atoms in total. The molecule has 0 unspecified atom stereocenters. The second-order valence-electron chi connectivity index (χ2n) is 7.34. The number of carbonyl (C=O) groups is 1. The molecule has 0 atom stereocenters. The lowest BCUT2D eigenvalue weighted by molar-refractivity contribution is -0.146. The van der Waals surface area contributed by atoms with E-state index >= 15 is 0 Å². The maximum Gasteiger partial charge on any atom is 0.315 e.